The van der Waals surface area contributed by atoms with Crippen LogP contribution in [-0.4, -0.2) is 48.6 Å². The first-order valence-corrected chi connectivity index (χ1v) is 8.84. The van der Waals surface area contributed by atoms with Gasteiger partial charge in [0.2, 0.25) is 5.75 Å². The molecule has 0 radical (unpaired) electrons. The van der Waals surface area contributed by atoms with Crippen molar-refractivity contribution in [1.82, 2.24) is 25.4 Å². The van der Waals surface area contributed by atoms with Crippen LogP contribution in [-0.2, 0) is 19.6 Å². The predicted molar refractivity (Wildman–Crippen MR) is 119 cm³/mol. The normalized spacial score (nSPS) is 10.8. The number of ether oxygens (including phenoxy) is 3. The Bertz CT molecular complexity index is 741. The largest absolute Gasteiger partial charge is 0.493 e. The van der Waals surface area contributed by atoms with E-state index < -0.39 is 0 Å². The van der Waals surface area contributed by atoms with Crippen LogP contribution in [0, 0.1) is 0 Å². The molecule has 0 saturated carbocycles. The third kappa shape index (κ3) is 6.14. The maximum absolute atomic E-state index is 5.39. The molecule has 0 aliphatic carbocycles. The first-order chi connectivity index (χ1) is 13.2. The Balaban J connectivity index is 0.00000392. The molecule has 1 aromatic heterocycles. The lowest BCUT2D eigenvalue weighted by Crippen LogP contribution is -2.37. The molecule has 0 aliphatic heterocycles. The molecule has 28 heavy (non-hydrogen) atoms. The van der Waals surface area contributed by atoms with Crippen molar-refractivity contribution in [3.8, 4) is 17.2 Å². The van der Waals surface area contributed by atoms with Gasteiger partial charge >= 0.3 is 0 Å². The molecule has 10 heteroatoms. The fourth-order valence-corrected chi connectivity index (χ4v) is 2.58. The number of methoxy groups -OCH3 is 3. The minimum absolute atomic E-state index is 0. The standard InChI is InChI=1S/C18H28N6O3.HI/c1-6-19-18(21-11-16-23-22-12-24(16)7-2)20-10-13-8-14(25-3)17(27-5)15(9-13)26-4;/h8-9,12H,6-7,10-11H2,1-5H3,(H2,19,20,21);1H. The van der Waals surface area contributed by atoms with Crippen LogP contribution in [0.15, 0.2) is 23.5 Å². The van der Waals surface area contributed by atoms with Crippen molar-refractivity contribution >= 4 is 29.9 Å². The maximum atomic E-state index is 5.39. The third-order valence-corrected chi connectivity index (χ3v) is 3.94. The van der Waals surface area contributed by atoms with E-state index in [9.17, 15) is 0 Å². The van der Waals surface area contributed by atoms with Crippen LogP contribution in [0.25, 0.3) is 0 Å². The Kier molecular flexibility index (Phi) is 10.4. The predicted octanol–water partition coefficient (Wildman–Crippen LogP) is 2.20. The van der Waals surface area contributed by atoms with Crippen LogP contribution >= 0.6 is 24.0 Å². The molecule has 1 heterocycles. The Morgan fingerprint density at radius 3 is 2.29 bits per heavy atom. The summed E-state index contributed by atoms with van der Waals surface area (Å²) < 4.78 is 18.1. The molecule has 1 aromatic carbocycles. The summed E-state index contributed by atoms with van der Waals surface area (Å²) in [6, 6.07) is 3.78. The van der Waals surface area contributed by atoms with E-state index in [1.165, 1.54) is 0 Å². The van der Waals surface area contributed by atoms with Crippen LogP contribution < -0.4 is 24.8 Å². The fourth-order valence-electron chi connectivity index (χ4n) is 2.58. The Labute approximate surface area is 182 Å². The average molecular weight is 504 g/mol. The van der Waals surface area contributed by atoms with Crippen molar-refractivity contribution < 1.29 is 14.2 Å². The lowest BCUT2D eigenvalue weighted by atomic mass is 10.2. The van der Waals surface area contributed by atoms with Gasteiger partial charge in [0, 0.05) is 13.1 Å². The van der Waals surface area contributed by atoms with Gasteiger partial charge < -0.3 is 29.4 Å². The second-order valence-electron chi connectivity index (χ2n) is 5.62. The summed E-state index contributed by atoms with van der Waals surface area (Å²) in [5.74, 6) is 3.33. The first kappa shape index (κ1) is 23.8. The van der Waals surface area contributed by atoms with Crippen molar-refractivity contribution in [3.63, 3.8) is 0 Å². The molecule has 0 bridgehead atoms. The zero-order valence-corrected chi connectivity index (χ0v) is 19.3. The van der Waals surface area contributed by atoms with E-state index in [1.54, 1.807) is 27.7 Å². The number of hydrogen-bond donors (Lipinski definition) is 2. The number of guanidine groups is 1. The SMILES string of the molecule is CCNC(=NCc1cc(OC)c(OC)c(OC)c1)NCc1nncn1CC.I. The highest BCUT2D eigenvalue weighted by molar-refractivity contribution is 14.0. The Morgan fingerprint density at radius 2 is 1.75 bits per heavy atom. The Hall–Kier alpha value is -2.24. The monoisotopic (exact) mass is 504 g/mol. The van der Waals surface area contributed by atoms with Gasteiger partial charge in [-0.15, -0.1) is 34.2 Å². The molecule has 0 atom stereocenters. The Morgan fingerprint density at radius 1 is 1.07 bits per heavy atom. The van der Waals surface area contributed by atoms with Gasteiger partial charge in [0.1, 0.15) is 6.33 Å². The molecule has 2 aromatic rings. The number of aliphatic imine (C=N–C) groups is 1. The third-order valence-electron chi connectivity index (χ3n) is 3.94. The molecule has 0 aliphatic rings. The van der Waals surface area contributed by atoms with Crippen LogP contribution in [0.2, 0.25) is 0 Å². The van der Waals surface area contributed by atoms with Crippen LogP contribution in [0.1, 0.15) is 25.2 Å². The average Bonchev–Trinajstić information content (AvgIpc) is 3.16. The van der Waals surface area contributed by atoms with Gasteiger partial charge in [0.15, 0.2) is 23.3 Å². The maximum Gasteiger partial charge on any atom is 0.203 e. The van der Waals surface area contributed by atoms with Gasteiger partial charge in [-0.05, 0) is 31.5 Å². The van der Waals surface area contributed by atoms with E-state index in [1.807, 2.05) is 23.6 Å². The van der Waals surface area contributed by atoms with Crippen LogP contribution in [0.5, 0.6) is 17.2 Å². The molecule has 0 amide bonds. The number of halogens is 1. The molecule has 0 fully saturated rings. The number of nitrogens with one attached hydrogen (secondary N) is 2. The van der Waals surface area contributed by atoms with E-state index in [0.717, 1.165) is 24.5 Å². The van der Waals surface area contributed by atoms with E-state index in [-0.39, 0.29) is 24.0 Å². The molecule has 2 N–H and O–H groups in total. The smallest absolute Gasteiger partial charge is 0.203 e. The van der Waals surface area contributed by atoms with Gasteiger partial charge in [0.05, 0.1) is 34.4 Å². The van der Waals surface area contributed by atoms with Gasteiger partial charge in [-0.1, -0.05) is 0 Å². The van der Waals surface area contributed by atoms with E-state index in [4.69, 9.17) is 14.2 Å². The minimum Gasteiger partial charge on any atom is -0.493 e. The molecular weight excluding hydrogens is 475 g/mol. The van der Waals surface area contributed by atoms with E-state index in [0.29, 0.717) is 36.3 Å². The van der Waals surface area contributed by atoms with Gasteiger partial charge in [-0.25, -0.2) is 4.99 Å². The van der Waals surface area contributed by atoms with Gasteiger partial charge in [-0.3, -0.25) is 0 Å². The molecule has 0 unspecified atom stereocenters. The molecular formula is C18H29IN6O3. The summed E-state index contributed by atoms with van der Waals surface area (Å²) in [6.07, 6.45) is 1.72. The number of aromatic nitrogens is 3. The number of nitrogens with zero attached hydrogens (tertiary/aromatic N) is 4. The summed E-state index contributed by atoms with van der Waals surface area (Å²) in [7, 11) is 4.78. The van der Waals surface area contributed by atoms with Crippen molar-refractivity contribution in [2.45, 2.75) is 33.5 Å². The number of aryl methyl sites for hydroxylation is 1. The van der Waals surface area contributed by atoms with Gasteiger partial charge in [0.25, 0.3) is 0 Å². The zero-order valence-electron chi connectivity index (χ0n) is 17.0. The summed E-state index contributed by atoms with van der Waals surface area (Å²) >= 11 is 0. The zero-order chi connectivity index (χ0) is 19.6. The second kappa shape index (κ2) is 12.3. The quantitative estimate of drug-likeness (QED) is 0.307. The van der Waals surface area contributed by atoms with E-state index >= 15 is 0 Å². The highest BCUT2D eigenvalue weighted by Gasteiger charge is 2.13. The van der Waals surface area contributed by atoms with Crippen molar-refractivity contribution in [2.75, 3.05) is 27.9 Å². The first-order valence-electron chi connectivity index (χ1n) is 8.84. The van der Waals surface area contributed by atoms with Crippen molar-refractivity contribution in [2.24, 2.45) is 4.99 Å². The van der Waals surface area contributed by atoms with Crippen molar-refractivity contribution in [1.29, 1.82) is 0 Å². The van der Waals surface area contributed by atoms with Crippen molar-refractivity contribution in [3.05, 3.63) is 29.8 Å². The number of hydrogen-bond acceptors (Lipinski definition) is 6. The van der Waals surface area contributed by atoms with Crippen LogP contribution in [0.3, 0.4) is 0 Å². The molecule has 2 rings (SSSR count). The lowest BCUT2D eigenvalue weighted by molar-refractivity contribution is 0.324. The highest BCUT2D eigenvalue weighted by Crippen LogP contribution is 2.38. The summed E-state index contributed by atoms with van der Waals surface area (Å²) in [5.41, 5.74) is 0.943. The topological polar surface area (TPSA) is 94.8 Å². The number of benzene rings is 1. The summed E-state index contributed by atoms with van der Waals surface area (Å²) in [5, 5.41) is 14.6. The second-order valence-corrected chi connectivity index (χ2v) is 5.62. The summed E-state index contributed by atoms with van der Waals surface area (Å²) in [6.45, 7) is 6.63. The molecule has 156 valence electrons. The van der Waals surface area contributed by atoms with Gasteiger partial charge in [-0.2, -0.15) is 0 Å². The molecule has 0 spiro atoms. The molecule has 9 nitrogen and oxygen atoms in total. The molecule has 0 saturated heterocycles. The van der Waals surface area contributed by atoms with E-state index in [2.05, 4.69) is 32.7 Å². The highest BCUT2D eigenvalue weighted by atomic mass is 127. The fraction of sp³-hybridized carbons (Fsp3) is 0.500. The minimum atomic E-state index is 0. The summed E-state index contributed by atoms with van der Waals surface area (Å²) in [4.78, 5) is 4.63. The van der Waals surface area contributed by atoms with Crippen LogP contribution in [0.4, 0.5) is 0 Å². The number of rotatable bonds is 9. The lowest BCUT2D eigenvalue weighted by Gasteiger charge is -2.14.